The first-order valence-corrected chi connectivity index (χ1v) is 9.07. The predicted molar refractivity (Wildman–Crippen MR) is 89.3 cm³/mol. The molecule has 2 aromatic rings. The van der Waals surface area contributed by atoms with Crippen molar-refractivity contribution in [2.75, 3.05) is 7.05 Å². The molecule has 122 valence electrons. The van der Waals surface area contributed by atoms with Crippen LogP contribution in [0.25, 0.3) is 10.8 Å². The molecular weight excluding hydrogens is 310 g/mol. The van der Waals surface area contributed by atoms with Crippen LogP contribution < -0.4 is 5.32 Å². The number of thiophene rings is 1. The molecule has 5 nitrogen and oxygen atoms in total. The minimum absolute atomic E-state index is 0.127. The first-order valence-electron chi connectivity index (χ1n) is 8.19. The van der Waals surface area contributed by atoms with Crippen molar-refractivity contribution >= 4 is 17.2 Å². The third kappa shape index (κ3) is 3.05. The van der Waals surface area contributed by atoms with Gasteiger partial charge in [0.05, 0.1) is 17.0 Å². The molecule has 2 aliphatic rings. The standard InChI is InChI=1S/C17H21N3O2S/c1-20(14-7-11-4-5-12(8-14)18-11)16(21)9-13-10-22-17(19-13)15-3-2-6-23-15/h2-3,6,10-12,14,18H,4-5,7-9H2,1H3. The lowest BCUT2D eigenvalue weighted by Crippen LogP contribution is -2.49. The molecule has 0 aliphatic carbocycles. The molecule has 2 aliphatic heterocycles. The van der Waals surface area contributed by atoms with Gasteiger partial charge in [-0.3, -0.25) is 4.79 Å². The van der Waals surface area contributed by atoms with Gasteiger partial charge in [0.1, 0.15) is 6.26 Å². The van der Waals surface area contributed by atoms with Gasteiger partial charge < -0.3 is 14.6 Å². The Kier molecular flexibility index (Phi) is 3.95. The van der Waals surface area contributed by atoms with Crippen LogP contribution in [-0.4, -0.2) is 41.0 Å². The summed E-state index contributed by atoms with van der Waals surface area (Å²) in [5.74, 6) is 0.729. The smallest absolute Gasteiger partial charge is 0.236 e. The van der Waals surface area contributed by atoms with E-state index in [9.17, 15) is 4.79 Å². The zero-order valence-corrected chi connectivity index (χ0v) is 14.0. The van der Waals surface area contributed by atoms with Crippen LogP contribution in [0.5, 0.6) is 0 Å². The minimum atomic E-state index is 0.127. The Labute approximate surface area is 139 Å². The topological polar surface area (TPSA) is 58.4 Å². The summed E-state index contributed by atoms with van der Waals surface area (Å²) in [4.78, 5) is 19.9. The normalized spacial score (nSPS) is 26.4. The molecule has 1 N–H and O–H groups in total. The fraction of sp³-hybridized carbons (Fsp3) is 0.529. The fourth-order valence-electron chi connectivity index (χ4n) is 3.73. The third-order valence-electron chi connectivity index (χ3n) is 5.01. The van der Waals surface area contributed by atoms with E-state index in [0.717, 1.165) is 17.7 Å². The number of likely N-dealkylation sites (N-methyl/N-ethyl adjacent to an activating group) is 1. The number of hydrogen-bond acceptors (Lipinski definition) is 5. The van der Waals surface area contributed by atoms with E-state index in [1.807, 2.05) is 29.5 Å². The molecule has 1 amide bonds. The van der Waals surface area contributed by atoms with Gasteiger partial charge >= 0.3 is 0 Å². The largest absolute Gasteiger partial charge is 0.444 e. The average molecular weight is 331 g/mol. The third-order valence-corrected chi connectivity index (χ3v) is 5.86. The van der Waals surface area contributed by atoms with E-state index in [1.54, 1.807) is 17.6 Å². The number of oxazole rings is 1. The number of hydrogen-bond donors (Lipinski definition) is 1. The molecule has 4 rings (SSSR count). The molecule has 2 fully saturated rings. The Morgan fingerprint density at radius 1 is 1.43 bits per heavy atom. The summed E-state index contributed by atoms with van der Waals surface area (Å²) in [6, 6.07) is 5.47. The van der Waals surface area contributed by atoms with Gasteiger partial charge in [-0.1, -0.05) is 6.07 Å². The molecule has 2 bridgehead atoms. The summed E-state index contributed by atoms with van der Waals surface area (Å²) >= 11 is 1.59. The van der Waals surface area contributed by atoms with Crippen LogP contribution in [0.3, 0.4) is 0 Å². The van der Waals surface area contributed by atoms with Crippen molar-refractivity contribution in [2.24, 2.45) is 0 Å². The molecule has 0 spiro atoms. The van der Waals surface area contributed by atoms with Crippen LogP contribution in [0.1, 0.15) is 31.4 Å². The molecule has 2 saturated heterocycles. The van der Waals surface area contributed by atoms with Gasteiger partial charge in [-0.25, -0.2) is 4.98 Å². The molecule has 0 aromatic carbocycles. The summed E-state index contributed by atoms with van der Waals surface area (Å²) in [5, 5.41) is 5.61. The van der Waals surface area contributed by atoms with E-state index in [2.05, 4.69) is 10.3 Å². The Hall–Kier alpha value is -1.66. The van der Waals surface area contributed by atoms with Crippen LogP contribution in [0.2, 0.25) is 0 Å². The Morgan fingerprint density at radius 2 is 2.22 bits per heavy atom. The lowest BCUT2D eigenvalue weighted by atomic mass is 9.98. The lowest BCUT2D eigenvalue weighted by molar-refractivity contribution is -0.132. The highest BCUT2D eigenvalue weighted by molar-refractivity contribution is 7.13. The number of piperidine rings is 1. The number of fused-ring (bicyclic) bond motifs is 2. The second-order valence-corrected chi connectivity index (χ2v) is 7.51. The Bertz CT molecular complexity index is 670. The summed E-state index contributed by atoms with van der Waals surface area (Å²) in [5.41, 5.74) is 0.710. The van der Waals surface area contributed by atoms with Gasteiger partial charge in [0, 0.05) is 25.2 Å². The maximum Gasteiger partial charge on any atom is 0.236 e. The number of aromatic nitrogens is 1. The maximum absolute atomic E-state index is 12.6. The molecule has 4 heterocycles. The van der Waals surface area contributed by atoms with E-state index in [-0.39, 0.29) is 5.91 Å². The second-order valence-electron chi connectivity index (χ2n) is 6.57. The van der Waals surface area contributed by atoms with E-state index in [0.29, 0.717) is 36.1 Å². The molecule has 0 radical (unpaired) electrons. The highest BCUT2D eigenvalue weighted by atomic mass is 32.1. The van der Waals surface area contributed by atoms with Gasteiger partial charge in [-0.2, -0.15) is 0 Å². The second kappa shape index (κ2) is 6.09. The van der Waals surface area contributed by atoms with E-state index in [4.69, 9.17) is 4.42 Å². The zero-order chi connectivity index (χ0) is 15.8. The number of rotatable bonds is 4. The van der Waals surface area contributed by atoms with Crippen molar-refractivity contribution in [2.45, 2.75) is 50.2 Å². The van der Waals surface area contributed by atoms with Crippen LogP contribution >= 0.6 is 11.3 Å². The molecule has 2 atom stereocenters. The first kappa shape index (κ1) is 14.9. The van der Waals surface area contributed by atoms with Crippen LogP contribution in [-0.2, 0) is 11.2 Å². The first-order chi connectivity index (χ1) is 11.2. The van der Waals surface area contributed by atoms with Gasteiger partial charge in [-0.05, 0) is 37.1 Å². The summed E-state index contributed by atoms with van der Waals surface area (Å²) < 4.78 is 5.50. The molecule has 2 aromatic heterocycles. The van der Waals surface area contributed by atoms with Gasteiger partial charge in [0.25, 0.3) is 0 Å². The van der Waals surface area contributed by atoms with Crippen molar-refractivity contribution in [3.63, 3.8) is 0 Å². The number of nitrogens with zero attached hydrogens (tertiary/aromatic N) is 2. The number of carbonyl (C=O) groups excluding carboxylic acids is 1. The predicted octanol–water partition coefficient (Wildman–Crippen LogP) is 2.69. The van der Waals surface area contributed by atoms with Gasteiger partial charge in [-0.15, -0.1) is 11.3 Å². The van der Waals surface area contributed by atoms with E-state index in [1.165, 1.54) is 12.8 Å². The maximum atomic E-state index is 12.6. The monoisotopic (exact) mass is 331 g/mol. The molecule has 23 heavy (non-hydrogen) atoms. The molecule has 0 saturated carbocycles. The van der Waals surface area contributed by atoms with Crippen molar-refractivity contribution in [1.82, 2.24) is 15.2 Å². The zero-order valence-electron chi connectivity index (χ0n) is 13.2. The Balaban J connectivity index is 1.39. The number of carbonyl (C=O) groups is 1. The van der Waals surface area contributed by atoms with Gasteiger partial charge in [0.15, 0.2) is 0 Å². The quantitative estimate of drug-likeness (QED) is 0.936. The summed E-state index contributed by atoms with van der Waals surface area (Å²) in [6.07, 6.45) is 6.54. The number of nitrogens with one attached hydrogen (secondary N) is 1. The molecule has 2 unspecified atom stereocenters. The summed E-state index contributed by atoms with van der Waals surface area (Å²) in [6.45, 7) is 0. The van der Waals surface area contributed by atoms with Crippen LogP contribution in [0.4, 0.5) is 0 Å². The van der Waals surface area contributed by atoms with E-state index < -0.39 is 0 Å². The molecule has 6 heteroatoms. The van der Waals surface area contributed by atoms with Crippen LogP contribution in [0.15, 0.2) is 28.2 Å². The van der Waals surface area contributed by atoms with E-state index >= 15 is 0 Å². The van der Waals surface area contributed by atoms with Crippen molar-refractivity contribution in [1.29, 1.82) is 0 Å². The summed E-state index contributed by atoms with van der Waals surface area (Å²) in [7, 11) is 1.93. The fourth-order valence-corrected chi connectivity index (χ4v) is 4.38. The van der Waals surface area contributed by atoms with Crippen molar-refractivity contribution in [3.8, 4) is 10.8 Å². The minimum Gasteiger partial charge on any atom is -0.444 e. The van der Waals surface area contributed by atoms with Crippen molar-refractivity contribution in [3.05, 3.63) is 29.5 Å². The SMILES string of the molecule is CN(C(=O)Cc1coc(-c2cccs2)n1)C1CC2CCC(C1)N2. The number of amides is 1. The Morgan fingerprint density at radius 3 is 2.91 bits per heavy atom. The average Bonchev–Trinajstić information content (AvgIpc) is 3.27. The highest BCUT2D eigenvalue weighted by Gasteiger charge is 2.36. The van der Waals surface area contributed by atoms with Gasteiger partial charge in [0.2, 0.25) is 11.8 Å². The van der Waals surface area contributed by atoms with Crippen LogP contribution in [0, 0.1) is 0 Å². The molecular formula is C17H21N3O2S. The highest BCUT2D eigenvalue weighted by Crippen LogP contribution is 2.29. The lowest BCUT2D eigenvalue weighted by Gasteiger charge is -2.35. The van der Waals surface area contributed by atoms with Crippen molar-refractivity contribution < 1.29 is 9.21 Å².